The molecule has 2 aromatic rings. The number of nitrogens with zero attached hydrogens (tertiary/aromatic N) is 1. The van der Waals surface area contributed by atoms with Crippen LogP contribution in [-0.4, -0.2) is 23.9 Å². The average Bonchev–Trinajstić information content (AvgIpc) is 2.99. The van der Waals surface area contributed by atoms with Crippen LogP contribution < -0.4 is 14.4 Å². The van der Waals surface area contributed by atoms with Crippen molar-refractivity contribution < 1.29 is 14.3 Å². The standard InChI is InChI=1S/C22H21NO3S2/c1-4-12-26-18-11-10-15(13-19(18)25-3)14-20-21(24)23(22(27)28-20)17-9-7-6-8-16(17)5-2/h4,6-11,13-14H,1,5,12H2,2-3H3. The lowest BCUT2D eigenvalue weighted by molar-refractivity contribution is -0.113. The number of ether oxygens (including phenoxy) is 2. The number of benzene rings is 2. The molecule has 0 unspecified atom stereocenters. The summed E-state index contributed by atoms with van der Waals surface area (Å²) >= 11 is 6.80. The Kier molecular flexibility index (Phi) is 6.54. The smallest absolute Gasteiger partial charge is 0.270 e. The molecule has 1 amide bonds. The number of methoxy groups -OCH3 is 1. The third-order valence-electron chi connectivity index (χ3n) is 4.25. The number of para-hydroxylation sites is 1. The van der Waals surface area contributed by atoms with E-state index in [1.807, 2.05) is 48.5 Å². The van der Waals surface area contributed by atoms with Crippen molar-refractivity contribution in [2.24, 2.45) is 0 Å². The Morgan fingerprint density at radius 2 is 2.00 bits per heavy atom. The van der Waals surface area contributed by atoms with Crippen molar-refractivity contribution in [1.82, 2.24) is 0 Å². The molecule has 1 aliphatic rings. The quantitative estimate of drug-likeness (QED) is 0.354. The van der Waals surface area contributed by atoms with E-state index < -0.39 is 0 Å². The number of anilines is 1. The van der Waals surface area contributed by atoms with Gasteiger partial charge in [0.1, 0.15) is 6.61 Å². The summed E-state index contributed by atoms with van der Waals surface area (Å²) in [7, 11) is 1.58. The monoisotopic (exact) mass is 411 g/mol. The van der Waals surface area contributed by atoms with Crippen molar-refractivity contribution in [2.45, 2.75) is 13.3 Å². The normalized spacial score (nSPS) is 15.2. The van der Waals surface area contributed by atoms with E-state index in [4.69, 9.17) is 21.7 Å². The summed E-state index contributed by atoms with van der Waals surface area (Å²) in [4.78, 5) is 15.2. The Balaban J connectivity index is 1.90. The maximum absolute atomic E-state index is 13.0. The van der Waals surface area contributed by atoms with Crippen LogP contribution >= 0.6 is 24.0 Å². The summed E-state index contributed by atoms with van der Waals surface area (Å²) in [5.41, 5.74) is 2.78. The van der Waals surface area contributed by atoms with Gasteiger partial charge in [0.2, 0.25) is 0 Å². The highest BCUT2D eigenvalue weighted by Crippen LogP contribution is 2.38. The molecule has 0 bridgehead atoms. The second-order valence-electron chi connectivity index (χ2n) is 6.01. The molecule has 1 aliphatic heterocycles. The molecular weight excluding hydrogens is 390 g/mol. The molecule has 0 aliphatic carbocycles. The zero-order valence-electron chi connectivity index (χ0n) is 15.8. The van der Waals surface area contributed by atoms with Gasteiger partial charge in [-0.2, -0.15) is 0 Å². The first-order valence-corrected chi connectivity index (χ1v) is 10.1. The molecule has 6 heteroatoms. The molecule has 0 spiro atoms. The summed E-state index contributed by atoms with van der Waals surface area (Å²) in [6.07, 6.45) is 4.33. The van der Waals surface area contributed by atoms with Crippen LogP contribution in [0, 0.1) is 0 Å². The average molecular weight is 412 g/mol. The van der Waals surface area contributed by atoms with Gasteiger partial charge in [0.15, 0.2) is 15.8 Å². The molecule has 1 fully saturated rings. The number of hydrogen-bond acceptors (Lipinski definition) is 5. The van der Waals surface area contributed by atoms with Gasteiger partial charge < -0.3 is 9.47 Å². The first-order valence-electron chi connectivity index (χ1n) is 8.86. The Morgan fingerprint density at radius 1 is 1.21 bits per heavy atom. The number of amides is 1. The van der Waals surface area contributed by atoms with Crippen molar-refractivity contribution in [1.29, 1.82) is 0 Å². The van der Waals surface area contributed by atoms with Crippen LogP contribution in [0.5, 0.6) is 11.5 Å². The second kappa shape index (κ2) is 9.08. The number of thioether (sulfide) groups is 1. The lowest BCUT2D eigenvalue weighted by atomic mass is 10.1. The molecule has 1 saturated heterocycles. The third-order valence-corrected chi connectivity index (χ3v) is 5.55. The zero-order valence-corrected chi connectivity index (χ0v) is 17.4. The number of rotatable bonds is 7. The van der Waals surface area contributed by atoms with E-state index in [2.05, 4.69) is 13.5 Å². The van der Waals surface area contributed by atoms with Crippen LogP contribution in [0.4, 0.5) is 5.69 Å². The first-order chi connectivity index (χ1) is 13.6. The van der Waals surface area contributed by atoms with E-state index in [0.717, 1.165) is 23.2 Å². The maximum Gasteiger partial charge on any atom is 0.270 e. The van der Waals surface area contributed by atoms with Gasteiger partial charge in [0.25, 0.3) is 5.91 Å². The highest BCUT2D eigenvalue weighted by atomic mass is 32.2. The summed E-state index contributed by atoms with van der Waals surface area (Å²) in [5, 5.41) is 0. The highest BCUT2D eigenvalue weighted by molar-refractivity contribution is 8.27. The van der Waals surface area contributed by atoms with Gasteiger partial charge in [-0.25, -0.2) is 0 Å². The minimum atomic E-state index is -0.109. The van der Waals surface area contributed by atoms with Gasteiger partial charge in [0.05, 0.1) is 17.7 Å². The zero-order chi connectivity index (χ0) is 20.1. The van der Waals surface area contributed by atoms with Crippen molar-refractivity contribution in [3.63, 3.8) is 0 Å². The summed E-state index contributed by atoms with van der Waals surface area (Å²) in [5.74, 6) is 1.12. The maximum atomic E-state index is 13.0. The minimum Gasteiger partial charge on any atom is -0.493 e. The summed E-state index contributed by atoms with van der Waals surface area (Å²) < 4.78 is 11.5. The van der Waals surface area contributed by atoms with E-state index in [9.17, 15) is 4.79 Å². The SMILES string of the molecule is C=CCOc1ccc(C=C2SC(=S)N(c3ccccc3CC)C2=O)cc1OC. The van der Waals surface area contributed by atoms with Crippen molar-refractivity contribution in [3.8, 4) is 11.5 Å². The molecule has 1 heterocycles. The Bertz CT molecular complexity index is 953. The fraction of sp³-hybridized carbons (Fsp3) is 0.182. The molecule has 4 nitrogen and oxygen atoms in total. The lowest BCUT2D eigenvalue weighted by Gasteiger charge is -2.18. The number of carbonyl (C=O) groups excluding carboxylic acids is 1. The van der Waals surface area contributed by atoms with Crippen LogP contribution in [0.3, 0.4) is 0 Å². The van der Waals surface area contributed by atoms with Gasteiger partial charge in [-0.15, -0.1) is 0 Å². The fourth-order valence-corrected chi connectivity index (χ4v) is 4.18. The Hall–Kier alpha value is -2.57. The first kappa shape index (κ1) is 20.2. The molecule has 28 heavy (non-hydrogen) atoms. The molecule has 3 rings (SSSR count). The van der Waals surface area contributed by atoms with Crippen molar-refractivity contribution in [2.75, 3.05) is 18.6 Å². The molecule has 0 N–H and O–H groups in total. The van der Waals surface area contributed by atoms with Crippen molar-refractivity contribution in [3.05, 3.63) is 71.2 Å². The summed E-state index contributed by atoms with van der Waals surface area (Å²) in [6, 6.07) is 13.4. The predicted molar refractivity (Wildman–Crippen MR) is 120 cm³/mol. The molecule has 0 atom stereocenters. The van der Waals surface area contributed by atoms with Crippen LogP contribution in [-0.2, 0) is 11.2 Å². The number of carbonyl (C=O) groups is 1. The van der Waals surface area contributed by atoms with Crippen LogP contribution in [0.1, 0.15) is 18.1 Å². The van der Waals surface area contributed by atoms with E-state index in [0.29, 0.717) is 27.3 Å². The van der Waals surface area contributed by atoms with Crippen LogP contribution in [0.2, 0.25) is 0 Å². The van der Waals surface area contributed by atoms with Gasteiger partial charge in [-0.3, -0.25) is 9.69 Å². The molecule has 0 aromatic heterocycles. The minimum absolute atomic E-state index is 0.109. The number of thiocarbonyl (C=S) groups is 1. The fourth-order valence-electron chi connectivity index (χ4n) is 2.90. The highest BCUT2D eigenvalue weighted by Gasteiger charge is 2.34. The van der Waals surface area contributed by atoms with E-state index in [1.165, 1.54) is 11.8 Å². The lowest BCUT2D eigenvalue weighted by Crippen LogP contribution is -2.28. The van der Waals surface area contributed by atoms with Gasteiger partial charge >= 0.3 is 0 Å². The summed E-state index contributed by atoms with van der Waals surface area (Å²) in [6.45, 7) is 6.10. The second-order valence-corrected chi connectivity index (χ2v) is 7.69. The molecular formula is C22H21NO3S2. The van der Waals surface area contributed by atoms with Gasteiger partial charge in [-0.1, -0.05) is 67.8 Å². The van der Waals surface area contributed by atoms with E-state index in [1.54, 1.807) is 18.1 Å². The van der Waals surface area contributed by atoms with Crippen LogP contribution in [0.25, 0.3) is 6.08 Å². The van der Waals surface area contributed by atoms with Gasteiger partial charge in [-0.05, 0) is 41.8 Å². The van der Waals surface area contributed by atoms with E-state index >= 15 is 0 Å². The number of aryl methyl sites for hydroxylation is 1. The predicted octanol–water partition coefficient (Wildman–Crippen LogP) is 5.23. The number of hydrogen-bond donors (Lipinski definition) is 0. The van der Waals surface area contributed by atoms with Crippen molar-refractivity contribution >= 4 is 46.0 Å². The van der Waals surface area contributed by atoms with E-state index in [-0.39, 0.29) is 5.91 Å². The van der Waals surface area contributed by atoms with Crippen LogP contribution in [0.15, 0.2) is 60.0 Å². The topological polar surface area (TPSA) is 38.8 Å². The molecule has 0 saturated carbocycles. The molecule has 2 aromatic carbocycles. The largest absolute Gasteiger partial charge is 0.493 e. The molecule has 144 valence electrons. The molecule has 0 radical (unpaired) electrons. The third kappa shape index (κ3) is 4.13. The Labute approximate surface area is 174 Å². The van der Waals surface area contributed by atoms with Gasteiger partial charge in [0, 0.05) is 0 Å². The Morgan fingerprint density at radius 3 is 2.71 bits per heavy atom.